The van der Waals surface area contributed by atoms with E-state index in [4.69, 9.17) is 0 Å². The van der Waals surface area contributed by atoms with Crippen LogP contribution in [0.3, 0.4) is 0 Å². The highest BCUT2D eigenvalue weighted by atomic mass is 32.2. The second kappa shape index (κ2) is 6.13. The van der Waals surface area contributed by atoms with Crippen molar-refractivity contribution in [2.45, 2.75) is 11.3 Å². The van der Waals surface area contributed by atoms with E-state index in [9.17, 15) is 22.0 Å². The largest absolute Gasteiger partial charge is 0.294 e. The Hall–Kier alpha value is -2.08. The Morgan fingerprint density at radius 1 is 0.952 bits per heavy atom. The monoisotopic (exact) mass is 310 g/mol. The molecule has 21 heavy (non-hydrogen) atoms. The van der Waals surface area contributed by atoms with Crippen LogP contribution in [0.25, 0.3) is 0 Å². The van der Waals surface area contributed by atoms with Gasteiger partial charge in [-0.2, -0.15) is 0 Å². The highest BCUT2D eigenvalue weighted by molar-refractivity contribution is 7.91. The molecule has 0 aliphatic rings. The first-order valence-corrected chi connectivity index (χ1v) is 7.81. The van der Waals surface area contributed by atoms with E-state index in [2.05, 4.69) is 0 Å². The third-order valence-electron chi connectivity index (χ3n) is 2.92. The first-order valence-electron chi connectivity index (χ1n) is 6.15. The minimum atomic E-state index is -3.73. The molecular formula is C15H12F2O3S. The van der Waals surface area contributed by atoms with E-state index in [1.54, 1.807) is 0 Å². The van der Waals surface area contributed by atoms with Gasteiger partial charge in [0, 0.05) is 12.0 Å². The first kappa shape index (κ1) is 15.3. The lowest BCUT2D eigenvalue weighted by molar-refractivity contribution is 0.0988. The molecule has 0 aromatic heterocycles. The van der Waals surface area contributed by atoms with Gasteiger partial charge in [0.1, 0.15) is 11.6 Å². The molecule has 0 bridgehead atoms. The molecule has 2 aromatic carbocycles. The number of sulfone groups is 1. The molecule has 0 aliphatic carbocycles. The molecule has 0 atom stereocenters. The van der Waals surface area contributed by atoms with Crippen molar-refractivity contribution < 1.29 is 22.0 Å². The quantitative estimate of drug-likeness (QED) is 0.798. The lowest BCUT2D eigenvalue weighted by Crippen LogP contribution is -2.12. The second-order valence-corrected chi connectivity index (χ2v) is 6.57. The SMILES string of the molecule is O=C(CCS(=O)(=O)c1cccc(F)c1)c1ccc(F)cc1. The molecule has 0 heterocycles. The van der Waals surface area contributed by atoms with Crippen LogP contribution in [0.2, 0.25) is 0 Å². The maximum absolute atomic E-state index is 13.0. The van der Waals surface area contributed by atoms with Gasteiger partial charge in [0.2, 0.25) is 0 Å². The van der Waals surface area contributed by atoms with Crippen LogP contribution in [-0.2, 0) is 9.84 Å². The number of carbonyl (C=O) groups is 1. The summed E-state index contributed by atoms with van der Waals surface area (Å²) < 4.78 is 49.8. The van der Waals surface area contributed by atoms with Crippen LogP contribution in [0.5, 0.6) is 0 Å². The first-order chi connectivity index (χ1) is 9.88. The molecule has 0 saturated carbocycles. The van der Waals surface area contributed by atoms with Crippen LogP contribution in [0, 0.1) is 11.6 Å². The summed E-state index contributed by atoms with van der Waals surface area (Å²) in [4.78, 5) is 11.7. The Balaban J connectivity index is 2.08. The summed E-state index contributed by atoms with van der Waals surface area (Å²) in [5.74, 6) is -1.96. The molecule has 0 radical (unpaired) electrons. The molecule has 0 aliphatic heterocycles. The molecule has 0 N–H and O–H groups in total. The lowest BCUT2D eigenvalue weighted by atomic mass is 10.1. The summed E-state index contributed by atoms with van der Waals surface area (Å²) in [6.45, 7) is 0. The number of carbonyl (C=O) groups excluding carboxylic acids is 1. The molecule has 0 saturated heterocycles. The summed E-state index contributed by atoms with van der Waals surface area (Å²) in [5.41, 5.74) is 0.242. The fourth-order valence-electron chi connectivity index (χ4n) is 1.79. The standard InChI is InChI=1S/C15H12F2O3S/c16-12-6-4-11(5-7-12)15(18)8-9-21(19,20)14-3-1-2-13(17)10-14/h1-7,10H,8-9H2. The van der Waals surface area contributed by atoms with Gasteiger partial charge < -0.3 is 0 Å². The predicted octanol–water partition coefficient (Wildman–Crippen LogP) is 3.01. The van der Waals surface area contributed by atoms with Crippen LogP contribution in [0.15, 0.2) is 53.4 Å². The number of benzene rings is 2. The number of hydrogen-bond donors (Lipinski definition) is 0. The van der Waals surface area contributed by atoms with Gasteiger partial charge in [-0.15, -0.1) is 0 Å². The zero-order chi connectivity index (χ0) is 15.5. The van der Waals surface area contributed by atoms with Gasteiger partial charge in [0.25, 0.3) is 0 Å². The van der Waals surface area contributed by atoms with E-state index in [0.717, 1.165) is 24.3 Å². The molecule has 0 spiro atoms. The summed E-state index contributed by atoms with van der Waals surface area (Å²) in [6, 6.07) is 9.49. The van der Waals surface area contributed by atoms with Crippen LogP contribution in [0.1, 0.15) is 16.8 Å². The van der Waals surface area contributed by atoms with Gasteiger partial charge in [-0.25, -0.2) is 17.2 Å². The van der Waals surface area contributed by atoms with Crippen LogP contribution in [-0.4, -0.2) is 20.0 Å². The molecule has 0 fully saturated rings. The van der Waals surface area contributed by atoms with Crippen molar-refractivity contribution in [3.8, 4) is 0 Å². The van der Waals surface area contributed by atoms with E-state index in [0.29, 0.717) is 0 Å². The van der Waals surface area contributed by atoms with Crippen molar-refractivity contribution in [3.05, 3.63) is 65.7 Å². The van der Waals surface area contributed by atoms with Gasteiger partial charge in [0.05, 0.1) is 10.6 Å². The molecular weight excluding hydrogens is 298 g/mol. The van der Waals surface area contributed by atoms with Crippen molar-refractivity contribution in [2.75, 3.05) is 5.75 Å². The van der Waals surface area contributed by atoms with Crippen LogP contribution >= 0.6 is 0 Å². The van der Waals surface area contributed by atoms with Crippen molar-refractivity contribution >= 4 is 15.6 Å². The number of ketones is 1. The van der Waals surface area contributed by atoms with Gasteiger partial charge in [-0.1, -0.05) is 6.07 Å². The average molecular weight is 310 g/mol. The van der Waals surface area contributed by atoms with Gasteiger partial charge in [-0.05, 0) is 42.5 Å². The Bertz CT molecular complexity index is 753. The zero-order valence-electron chi connectivity index (χ0n) is 10.9. The molecule has 3 nitrogen and oxygen atoms in total. The summed E-state index contributed by atoms with van der Waals surface area (Å²) in [7, 11) is -3.73. The normalized spacial score (nSPS) is 11.3. The van der Waals surface area contributed by atoms with E-state index in [1.165, 1.54) is 24.3 Å². The molecule has 2 aromatic rings. The maximum atomic E-state index is 13.0. The summed E-state index contributed by atoms with van der Waals surface area (Å²) >= 11 is 0. The van der Waals surface area contributed by atoms with Crippen LogP contribution in [0.4, 0.5) is 8.78 Å². The smallest absolute Gasteiger partial charge is 0.178 e. The molecule has 2 rings (SSSR count). The van der Waals surface area contributed by atoms with Crippen molar-refractivity contribution in [2.24, 2.45) is 0 Å². The van der Waals surface area contributed by atoms with Crippen molar-refractivity contribution in [3.63, 3.8) is 0 Å². The van der Waals surface area contributed by atoms with Crippen molar-refractivity contribution in [1.82, 2.24) is 0 Å². The number of Topliss-reactive ketones (excluding diaryl/α,β-unsaturated/α-hetero) is 1. The van der Waals surface area contributed by atoms with Crippen LogP contribution < -0.4 is 0 Å². The number of hydrogen-bond acceptors (Lipinski definition) is 3. The molecule has 0 unspecified atom stereocenters. The lowest BCUT2D eigenvalue weighted by Gasteiger charge is -2.04. The van der Waals surface area contributed by atoms with Gasteiger partial charge in [-0.3, -0.25) is 4.79 Å². The topological polar surface area (TPSA) is 51.2 Å². The Labute approximate surface area is 121 Å². The Morgan fingerprint density at radius 3 is 2.24 bits per heavy atom. The second-order valence-electron chi connectivity index (χ2n) is 4.46. The molecule has 0 amide bonds. The minimum Gasteiger partial charge on any atom is -0.294 e. The Kier molecular flexibility index (Phi) is 4.47. The highest BCUT2D eigenvalue weighted by Crippen LogP contribution is 2.15. The number of rotatable bonds is 5. The molecule has 6 heteroatoms. The van der Waals surface area contributed by atoms with E-state index < -0.39 is 33.0 Å². The minimum absolute atomic E-state index is 0.158. The highest BCUT2D eigenvalue weighted by Gasteiger charge is 2.17. The predicted molar refractivity (Wildman–Crippen MR) is 73.8 cm³/mol. The fraction of sp³-hybridized carbons (Fsp3) is 0.133. The third kappa shape index (κ3) is 3.95. The maximum Gasteiger partial charge on any atom is 0.178 e. The van der Waals surface area contributed by atoms with Gasteiger partial charge in [0.15, 0.2) is 15.6 Å². The fourth-order valence-corrected chi connectivity index (χ4v) is 3.05. The average Bonchev–Trinajstić information content (AvgIpc) is 2.45. The number of halogens is 2. The zero-order valence-corrected chi connectivity index (χ0v) is 11.7. The molecule has 110 valence electrons. The summed E-state index contributed by atoms with van der Waals surface area (Å²) in [5, 5.41) is 0. The van der Waals surface area contributed by atoms with E-state index in [-0.39, 0.29) is 16.9 Å². The summed E-state index contributed by atoms with van der Waals surface area (Å²) in [6.07, 6.45) is -0.246. The Morgan fingerprint density at radius 2 is 1.62 bits per heavy atom. The van der Waals surface area contributed by atoms with E-state index >= 15 is 0 Å². The van der Waals surface area contributed by atoms with Gasteiger partial charge >= 0.3 is 0 Å². The third-order valence-corrected chi connectivity index (χ3v) is 4.63. The van der Waals surface area contributed by atoms with Crippen molar-refractivity contribution in [1.29, 1.82) is 0 Å². The van der Waals surface area contributed by atoms with E-state index in [1.807, 2.05) is 0 Å².